The Morgan fingerprint density at radius 3 is 1.29 bits per heavy atom. The van der Waals surface area contributed by atoms with Crippen LogP contribution in [0.5, 0.6) is 0 Å². The second-order valence-corrected chi connectivity index (χ2v) is 34.7. The summed E-state index contributed by atoms with van der Waals surface area (Å²) in [7, 11) is 0. The van der Waals surface area contributed by atoms with E-state index in [1.165, 1.54) is 97.6 Å². The molecule has 0 spiro atoms. The van der Waals surface area contributed by atoms with Crippen molar-refractivity contribution in [3.8, 4) is 22.3 Å². The zero-order valence-corrected chi connectivity index (χ0v) is 34.2. The molecule has 2 heteroatoms. The van der Waals surface area contributed by atoms with Gasteiger partial charge in [-0.3, -0.25) is 0 Å². The van der Waals surface area contributed by atoms with Gasteiger partial charge in [-0.2, -0.15) is 0 Å². The third-order valence-corrected chi connectivity index (χ3v) is 32.7. The Bertz CT molecular complexity index is 1650. The second kappa shape index (κ2) is 16.4. The van der Waals surface area contributed by atoms with Gasteiger partial charge in [0.05, 0.1) is 0 Å². The number of hydrogen-bond donors (Lipinski definition) is 0. The quantitative estimate of drug-likeness (QED) is 0.107. The van der Waals surface area contributed by atoms with E-state index >= 15 is 0 Å². The third-order valence-electron chi connectivity index (χ3n) is 10.9. The van der Waals surface area contributed by atoms with Gasteiger partial charge in [-0.05, 0) is 0 Å². The number of allylic oxidation sites excluding steroid dienone is 2. The van der Waals surface area contributed by atoms with Crippen LogP contribution in [0.4, 0.5) is 0 Å². The summed E-state index contributed by atoms with van der Waals surface area (Å²) < 4.78 is 1.38. The first-order chi connectivity index (χ1) is 23.5. The number of fused-ring (bicyclic) bond motifs is 2. The SMILES string of the molecule is CCCCc1ccccc1-c1cccc2c1C=C(CCC)[CH]2[Zr]([CH]1C(CCC)=Cc2c(-c3ccccc3CCCC)cccc21)[SiH](C)C. The molecule has 0 saturated heterocycles. The number of benzene rings is 4. The molecule has 4 aromatic carbocycles. The van der Waals surface area contributed by atoms with Crippen molar-refractivity contribution in [1.29, 1.82) is 0 Å². The minimum absolute atomic E-state index is 0.688. The van der Waals surface area contributed by atoms with Gasteiger partial charge in [0.25, 0.3) is 0 Å². The van der Waals surface area contributed by atoms with Gasteiger partial charge >= 0.3 is 303 Å². The van der Waals surface area contributed by atoms with Gasteiger partial charge in [-0.25, -0.2) is 0 Å². The topological polar surface area (TPSA) is 0 Å². The van der Waals surface area contributed by atoms with Gasteiger partial charge in [0, 0.05) is 0 Å². The van der Waals surface area contributed by atoms with Crippen LogP contribution < -0.4 is 0 Å². The average molecular weight is 729 g/mol. The van der Waals surface area contributed by atoms with Crippen LogP contribution >= 0.6 is 0 Å². The summed E-state index contributed by atoms with van der Waals surface area (Å²) >= 11 is -2.18. The summed E-state index contributed by atoms with van der Waals surface area (Å²) in [5.74, 6) is -0.951. The van der Waals surface area contributed by atoms with Crippen molar-refractivity contribution in [1.82, 2.24) is 0 Å². The van der Waals surface area contributed by atoms with Gasteiger partial charge in [0.1, 0.15) is 0 Å². The number of hydrogen-bond acceptors (Lipinski definition) is 0. The zero-order chi connectivity index (χ0) is 33.6. The van der Waals surface area contributed by atoms with Gasteiger partial charge in [-0.1, -0.05) is 0 Å². The van der Waals surface area contributed by atoms with Gasteiger partial charge < -0.3 is 0 Å². The van der Waals surface area contributed by atoms with Crippen LogP contribution in [-0.2, 0) is 33.8 Å². The average Bonchev–Trinajstić information content (AvgIpc) is 3.65. The molecule has 0 bridgehead atoms. The van der Waals surface area contributed by atoms with Crippen LogP contribution in [0.2, 0.25) is 13.1 Å². The van der Waals surface area contributed by atoms with E-state index in [0.717, 1.165) is 0 Å². The van der Waals surface area contributed by atoms with Crippen LogP contribution in [-0.4, -0.2) is 5.92 Å². The molecule has 2 atom stereocenters. The molecule has 0 heterocycles. The molecule has 0 radical (unpaired) electrons. The van der Waals surface area contributed by atoms with Crippen LogP contribution in [0, 0.1) is 0 Å². The Labute approximate surface area is 301 Å². The number of unbranched alkanes of at least 4 members (excludes halogenated alkanes) is 2. The van der Waals surface area contributed by atoms with Gasteiger partial charge in [0.15, 0.2) is 0 Å². The molecule has 48 heavy (non-hydrogen) atoms. The van der Waals surface area contributed by atoms with Crippen molar-refractivity contribution in [2.45, 2.75) is 112 Å². The fourth-order valence-corrected chi connectivity index (χ4v) is 31.6. The Hall–Kier alpha value is -2.54. The number of rotatable bonds is 15. The molecule has 2 aliphatic rings. The zero-order valence-electron chi connectivity index (χ0n) is 30.5. The van der Waals surface area contributed by atoms with E-state index in [0.29, 0.717) is 7.25 Å². The predicted octanol–water partition coefficient (Wildman–Crippen LogP) is 13.5. The molecule has 0 amide bonds. The molecule has 0 fully saturated rings. The van der Waals surface area contributed by atoms with E-state index in [1.807, 2.05) is 0 Å². The molecule has 2 unspecified atom stereocenters. The molecule has 6 rings (SSSR count). The maximum atomic E-state index is 2.73. The number of aryl methyl sites for hydroxylation is 2. The van der Waals surface area contributed by atoms with Gasteiger partial charge in [0.2, 0.25) is 0 Å². The summed E-state index contributed by atoms with van der Waals surface area (Å²) in [5, 5.41) is 0. The van der Waals surface area contributed by atoms with E-state index in [9.17, 15) is 0 Å². The van der Waals surface area contributed by atoms with E-state index in [-0.39, 0.29) is 0 Å². The Balaban J connectivity index is 1.49. The van der Waals surface area contributed by atoms with Crippen molar-refractivity contribution in [2.24, 2.45) is 0 Å². The molecule has 0 N–H and O–H groups in total. The van der Waals surface area contributed by atoms with Crippen LogP contribution in [0.25, 0.3) is 34.4 Å². The van der Waals surface area contributed by atoms with E-state index < -0.39 is 26.8 Å². The molecule has 0 aliphatic heterocycles. The minimum atomic E-state index is -2.18. The van der Waals surface area contributed by atoms with Crippen molar-refractivity contribution < 1.29 is 20.9 Å². The fraction of sp³-hybridized carbons (Fsp3) is 0.391. The van der Waals surface area contributed by atoms with E-state index in [1.54, 1.807) is 33.4 Å². The van der Waals surface area contributed by atoms with Crippen LogP contribution in [0.3, 0.4) is 0 Å². The summed E-state index contributed by atoms with van der Waals surface area (Å²) in [4.78, 5) is 0. The van der Waals surface area contributed by atoms with Crippen molar-refractivity contribution >= 4 is 18.1 Å². The normalized spacial score (nSPS) is 16.6. The third kappa shape index (κ3) is 7.04. The Morgan fingerprint density at radius 1 is 0.479 bits per heavy atom. The Morgan fingerprint density at radius 2 is 0.896 bits per heavy atom. The summed E-state index contributed by atoms with van der Waals surface area (Å²) in [6.45, 7) is 14.9. The molecule has 2 aliphatic carbocycles. The molecular formula is C46H57SiZr. The van der Waals surface area contributed by atoms with Gasteiger partial charge in [-0.15, -0.1) is 0 Å². The van der Waals surface area contributed by atoms with Crippen molar-refractivity contribution in [3.63, 3.8) is 0 Å². The second-order valence-electron chi connectivity index (χ2n) is 14.6. The monoisotopic (exact) mass is 727 g/mol. The van der Waals surface area contributed by atoms with Crippen molar-refractivity contribution in [2.75, 3.05) is 0 Å². The molecule has 249 valence electrons. The molecule has 0 nitrogen and oxygen atoms in total. The fourth-order valence-electron chi connectivity index (χ4n) is 8.77. The van der Waals surface area contributed by atoms with E-state index in [2.05, 4.69) is 138 Å². The van der Waals surface area contributed by atoms with Crippen LogP contribution in [0.15, 0.2) is 96.1 Å². The molecule has 0 aromatic heterocycles. The molecule has 0 saturated carbocycles. The summed E-state index contributed by atoms with van der Waals surface area (Å²) in [6, 6.07) is 33.3. The molecule has 4 aromatic rings. The standard InChI is InChI=1S/2C22H25.C2H7Si.Zr/c2*1-3-5-10-18-11-6-7-13-20(18)21-14-8-12-19-15-17(9-4-2)16-22(19)21;1-3-2;/h2*6-8,11-16H,3-5,9-10H2,1-2H3;3H,1-2H3;. The maximum absolute atomic E-state index is 2.73. The summed E-state index contributed by atoms with van der Waals surface area (Å²) in [6.07, 6.45) is 17.6. The molecular weight excluding hydrogens is 672 g/mol. The first-order valence-electron chi connectivity index (χ1n) is 19.2. The Kier molecular flexibility index (Phi) is 12.1. The van der Waals surface area contributed by atoms with Crippen molar-refractivity contribution in [3.05, 3.63) is 129 Å². The predicted molar refractivity (Wildman–Crippen MR) is 211 cm³/mol. The summed E-state index contributed by atoms with van der Waals surface area (Å²) in [5.41, 5.74) is 18.9. The van der Waals surface area contributed by atoms with E-state index in [4.69, 9.17) is 0 Å². The first-order valence-corrected chi connectivity index (χ1v) is 29.2. The first kappa shape index (κ1) is 35.3. The van der Waals surface area contributed by atoms with Crippen LogP contribution in [0.1, 0.15) is 120 Å².